The van der Waals surface area contributed by atoms with Gasteiger partial charge in [0.05, 0.1) is 18.7 Å². The fraction of sp³-hybridized carbons (Fsp3) is 0.462. The predicted octanol–water partition coefficient (Wildman–Crippen LogP) is 1.51. The van der Waals surface area contributed by atoms with Crippen molar-refractivity contribution in [3.63, 3.8) is 0 Å². The molecular weight excluding hydrogens is 233 g/mol. The first kappa shape index (κ1) is 11.5. The van der Waals surface area contributed by atoms with Crippen LogP contribution in [0.1, 0.15) is 12.8 Å². The molecule has 0 aromatic heterocycles. The number of halogens is 1. The summed E-state index contributed by atoms with van der Waals surface area (Å²) in [7, 11) is 0. The lowest BCUT2D eigenvalue weighted by atomic mass is 10.1. The van der Waals surface area contributed by atoms with E-state index in [0.717, 1.165) is 25.1 Å². The highest BCUT2D eigenvalue weighted by Gasteiger charge is 2.36. The van der Waals surface area contributed by atoms with Crippen molar-refractivity contribution in [1.29, 1.82) is 0 Å². The third-order valence-corrected chi connectivity index (χ3v) is 3.52. The molecular formula is C13H16FN3O. The Morgan fingerprint density at radius 3 is 2.78 bits per heavy atom. The van der Waals surface area contributed by atoms with E-state index in [4.69, 9.17) is 10.5 Å². The average Bonchev–Trinajstić information content (AvgIpc) is 2.99. The zero-order chi connectivity index (χ0) is 12.5. The van der Waals surface area contributed by atoms with Crippen molar-refractivity contribution in [3.8, 4) is 0 Å². The monoisotopic (exact) mass is 249 g/mol. The van der Waals surface area contributed by atoms with Gasteiger partial charge in [0, 0.05) is 12.3 Å². The molecule has 3 rings (SSSR count). The first-order valence-electron chi connectivity index (χ1n) is 6.22. The summed E-state index contributed by atoms with van der Waals surface area (Å²) in [6.45, 7) is 1.45. The topological polar surface area (TPSA) is 50.9 Å². The molecule has 0 aliphatic carbocycles. The van der Waals surface area contributed by atoms with Crippen LogP contribution in [0.15, 0.2) is 29.3 Å². The summed E-state index contributed by atoms with van der Waals surface area (Å²) < 4.78 is 18.7. The summed E-state index contributed by atoms with van der Waals surface area (Å²) in [5, 5.41) is 0. The lowest BCUT2D eigenvalue weighted by Crippen LogP contribution is -2.47. The summed E-state index contributed by atoms with van der Waals surface area (Å²) in [6, 6.07) is 6.47. The van der Waals surface area contributed by atoms with Gasteiger partial charge in [-0.2, -0.15) is 0 Å². The molecule has 96 valence electrons. The van der Waals surface area contributed by atoms with Gasteiger partial charge in [0.15, 0.2) is 5.96 Å². The lowest BCUT2D eigenvalue weighted by molar-refractivity contribution is 0.0947. The number of benzene rings is 1. The standard InChI is InChI=1S/C13H16FN3O/c14-9-3-5-10(6-4-9)17-11(8-16-13(17)15)12-2-1-7-18-12/h3-6,11-12H,1-2,7-8H2,(H2,15,16). The summed E-state index contributed by atoms with van der Waals surface area (Å²) in [4.78, 5) is 6.24. The minimum absolute atomic E-state index is 0.137. The largest absolute Gasteiger partial charge is 0.376 e. The summed E-state index contributed by atoms with van der Waals surface area (Å²) in [5.74, 6) is 0.240. The van der Waals surface area contributed by atoms with Crippen LogP contribution in [0.5, 0.6) is 0 Å². The lowest BCUT2D eigenvalue weighted by Gasteiger charge is -2.30. The van der Waals surface area contributed by atoms with Crippen molar-refractivity contribution in [2.24, 2.45) is 10.7 Å². The minimum Gasteiger partial charge on any atom is -0.376 e. The van der Waals surface area contributed by atoms with Crippen molar-refractivity contribution >= 4 is 11.6 Å². The molecule has 0 bridgehead atoms. The van der Waals surface area contributed by atoms with E-state index in [1.807, 2.05) is 4.90 Å². The van der Waals surface area contributed by atoms with Crippen LogP contribution in [0.25, 0.3) is 0 Å². The Morgan fingerprint density at radius 2 is 2.11 bits per heavy atom. The Bertz CT molecular complexity index is 454. The van der Waals surface area contributed by atoms with Gasteiger partial charge < -0.3 is 15.4 Å². The highest BCUT2D eigenvalue weighted by Crippen LogP contribution is 2.27. The van der Waals surface area contributed by atoms with E-state index in [2.05, 4.69) is 4.99 Å². The van der Waals surface area contributed by atoms with Crippen LogP contribution >= 0.6 is 0 Å². The van der Waals surface area contributed by atoms with Crippen molar-refractivity contribution in [2.75, 3.05) is 18.1 Å². The van der Waals surface area contributed by atoms with Crippen molar-refractivity contribution in [2.45, 2.75) is 25.0 Å². The molecule has 5 heteroatoms. The molecule has 0 spiro atoms. The quantitative estimate of drug-likeness (QED) is 0.864. The number of nitrogens with zero attached hydrogens (tertiary/aromatic N) is 2. The molecule has 0 radical (unpaired) electrons. The molecule has 1 aromatic carbocycles. The molecule has 0 saturated carbocycles. The number of ether oxygens (including phenoxy) is 1. The maximum atomic E-state index is 13.0. The molecule has 1 aromatic rings. The molecule has 18 heavy (non-hydrogen) atoms. The maximum Gasteiger partial charge on any atom is 0.196 e. The van der Waals surface area contributed by atoms with Crippen LogP contribution in [-0.2, 0) is 4.74 Å². The van der Waals surface area contributed by atoms with Crippen molar-refractivity contribution in [3.05, 3.63) is 30.1 Å². The Hall–Kier alpha value is -1.62. The van der Waals surface area contributed by atoms with Gasteiger partial charge in [0.25, 0.3) is 0 Å². The number of hydrogen-bond acceptors (Lipinski definition) is 4. The van der Waals surface area contributed by atoms with Crippen molar-refractivity contribution in [1.82, 2.24) is 0 Å². The number of guanidine groups is 1. The van der Waals surface area contributed by atoms with Gasteiger partial charge in [0.1, 0.15) is 5.82 Å². The van der Waals surface area contributed by atoms with E-state index in [1.54, 1.807) is 12.1 Å². The molecule has 0 amide bonds. The fourth-order valence-corrected chi connectivity index (χ4v) is 2.63. The summed E-state index contributed by atoms with van der Waals surface area (Å²) in [6.07, 6.45) is 2.28. The number of aliphatic imine (C=N–C) groups is 1. The second kappa shape index (κ2) is 4.57. The van der Waals surface area contributed by atoms with Crippen LogP contribution in [0.2, 0.25) is 0 Å². The molecule has 1 fully saturated rings. The molecule has 2 atom stereocenters. The SMILES string of the molecule is NC1=NCC(C2CCCO2)N1c1ccc(F)cc1. The second-order valence-electron chi connectivity index (χ2n) is 4.66. The van der Waals surface area contributed by atoms with Gasteiger partial charge in [-0.05, 0) is 37.1 Å². The molecule has 2 unspecified atom stereocenters. The summed E-state index contributed by atoms with van der Waals surface area (Å²) in [5.41, 5.74) is 6.80. The molecule has 2 N–H and O–H groups in total. The first-order chi connectivity index (χ1) is 8.75. The van der Waals surface area contributed by atoms with Crippen LogP contribution in [0, 0.1) is 5.82 Å². The van der Waals surface area contributed by atoms with Gasteiger partial charge >= 0.3 is 0 Å². The highest BCUT2D eigenvalue weighted by molar-refractivity contribution is 5.97. The molecule has 2 heterocycles. The van der Waals surface area contributed by atoms with E-state index in [0.29, 0.717) is 12.5 Å². The van der Waals surface area contributed by atoms with E-state index >= 15 is 0 Å². The normalized spacial score (nSPS) is 27.6. The number of anilines is 1. The van der Waals surface area contributed by atoms with Crippen LogP contribution in [-0.4, -0.2) is 31.3 Å². The fourth-order valence-electron chi connectivity index (χ4n) is 2.63. The van der Waals surface area contributed by atoms with E-state index in [1.165, 1.54) is 12.1 Å². The van der Waals surface area contributed by atoms with Gasteiger partial charge in [-0.1, -0.05) is 0 Å². The Balaban J connectivity index is 1.86. The van der Waals surface area contributed by atoms with E-state index in [-0.39, 0.29) is 18.0 Å². The smallest absolute Gasteiger partial charge is 0.196 e. The molecule has 2 aliphatic heterocycles. The van der Waals surface area contributed by atoms with Gasteiger partial charge in [-0.3, -0.25) is 4.99 Å². The first-order valence-corrected chi connectivity index (χ1v) is 6.22. The average molecular weight is 249 g/mol. The van der Waals surface area contributed by atoms with Gasteiger partial charge in [0.2, 0.25) is 0 Å². The molecule has 2 aliphatic rings. The van der Waals surface area contributed by atoms with Gasteiger partial charge in [-0.15, -0.1) is 0 Å². The molecule has 4 nitrogen and oxygen atoms in total. The zero-order valence-electron chi connectivity index (χ0n) is 10.1. The van der Waals surface area contributed by atoms with Crippen molar-refractivity contribution < 1.29 is 9.13 Å². The summed E-state index contributed by atoms with van der Waals surface area (Å²) >= 11 is 0. The van der Waals surface area contributed by atoms with E-state index < -0.39 is 0 Å². The number of nitrogens with two attached hydrogens (primary N) is 1. The van der Waals surface area contributed by atoms with E-state index in [9.17, 15) is 4.39 Å². The Labute approximate surface area is 105 Å². The van der Waals surface area contributed by atoms with Crippen LogP contribution < -0.4 is 10.6 Å². The number of rotatable bonds is 2. The maximum absolute atomic E-state index is 13.0. The van der Waals surface area contributed by atoms with Gasteiger partial charge in [-0.25, -0.2) is 4.39 Å². The Kier molecular flexibility index (Phi) is 2.91. The third kappa shape index (κ3) is 1.95. The highest BCUT2D eigenvalue weighted by atomic mass is 19.1. The second-order valence-corrected chi connectivity index (χ2v) is 4.66. The number of hydrogen-bond donors (Lipinski definition) is 1. The minimum atomic E-state index is -0.248. The third-order valence-electron chi connectivity index (χ3n) is 3.52. The Morgan fingerprint density at radius 1 is 1.33 bits per heavy atom. The predicted molar refractivity (Wildman–Crippen MR) is 68.1 cm³/mol. The molecule has 1 saturated heterocycles. The van der Waals surface area contributed by atoms with Crippen LogP contribution in [0.4, 0.5) is 10.1 Å². The van der Waals surface area contributed by atoms with Crippen LogP contribution in [0.3, 0.4) is 0 Å². The zero-order valence-corrected chi connectivity index (χ0v) is 10.1.